The summed E-state index contributed by atoms with van der Waals surface area (Å²) >= 11 is 1.92. The third-order valence-corrected chi connectivity index (χ3v) is 4.12. The summed E-state index contributed by atoms with van der Waals surface area (Å²) in [5.74, 6) is 1.26. The zero-order chi connectivity index (χ0) is 14.2. The number of rotatable bonds is 8. The number of hydrogen-bond acceptors (Lipinski definition) is 3. The van der Waals surface area contributed by atoms with Gasteiger partial charge in [-0.1, -0.05) is 12.1 Å². The van der Waals surface area contributed by atoms with Gasteiger partial charge < -0.3 is 9.88 Å². The molecule has 0 saturated carbocycles. The van der Waals surface area contributed by atoms with Crippen LogP contribution in [-0.4, -0.2) is 28.1 Å². The smallest absolute Gasteiger partial charge is 0.0991 e. The van der Waals surface area contributed by atoms with Gasteiger partial charge in [0.05, 0.1) is 6.33 Å². The van der Waals surface area contributed by atoms with Crippen molar-refractivity contribution in [1.82, 2.24) is 14.9 Å². The van der Waals surface area contributed by atoms with E-state index in [0.717, 1.165) is 12.2 Å². The first-order chi connectivity index (χ1) is 9.81. The molecule has 2 aromatic rings. The summed E-state index contributed by atoms with van der Waals surface area (Å²) in [4.78, 5) is 4.07. The largest absolute Gasteiger partial charge is 0.310 e. The summed E-state index contributed by atoms with van der Waals surface area (Å²) in [7, 11) is 0. The van der Waals surface area contributed by atoms with E-state index in [1.54, 1.807) is 6.20 Å². The maximum absolute atomic E-state index is 4.07. The molecule has 0 fully saturated rings. The maximum atomic E-state index is 4.07. The lowest BCUT2D eigenvalue weighted by molar-refractivity contribution is 0.555. The molecule has 108 valence electrons. The van der Waals surface area contributed by atoms with Crippen LogP contribution < -0.4 is 5.32 Å². The zero-order valence-corrected chi connectivity index (χ0v) is 13.1. The zero-order valence-electron chi connectivity index (χ0n) is 12.2. The third kappa shape index (κ3) is 4.39. The van der Waals surface area contributed by atoms with Gasteiger partial charge >= 0.3 is 0 Å². The van der Waals surface area contributed by atoms with E-state index in [9.17, 15) is 0 Å². The predicted octanol–water partition coefficient (Wildman–Crippen LogP) is 3.67. The molecule has 0 spiro atoms. The Balaban J connectivity index is 1.83. The summed E-state index contributed by atoms with van der Waals surface area (Å²) in [6.45, 7) is 3.31. The van der Waals surface area contributed by atoms with Crippen molar-refractivity contribution in [3.05, 3.63) is 48.5 Å². The summed E-state index contributed by atoms with van der Waals surface area (Å²) in [6.07, 6.45) is 10.3. The number of benzene rings is 1. The van der Waals surface area contributed by atoms with Crippen molar-refractivity contribution in [2.24, 2.45) is 0 Å². The molecule has 0 aliphatic carbocycles. The fraction of sp³-hybridized carbons (Fsp3) is 0.438. The van der Waals surface area contributed by atoms with Gasteiger partial charge in [0.15, 0.2) is 0 Å². The Morgan fingerprint density at radius 2 is 2.05 bits per heavy atom. The minimum absolute atomic E-state index is 0.404. The van der Waals surface area contributed by atoms with Gasteiger partial charge in [0.25, 0.3) is 0 Å². The monoisotopic (exact) mass is 289 g/mol. The maximum Gasteiger partial charge on any atom is 0.0991 e. The van der Waals surface area contributed by atoms with Gasteiger partial charge in [0.1, 0.15) is 0 Å². The number of aromatic nitrogens is 2. The third-order valence-electron chi connectivity index (χ3n) is 3.42. The molecule has 0 bridgehead atoms. The standard InChI is InChI=1S/C16H23N3S/c1-14(18-9-3-4-12-20-2)15-5-7-16(8-6-15)19-11-10-17-13-19/h5-8,10-11,13-14,18H,3-4,9,12H2,1-2H3. The fourth-order valence-electron chi connectivity index (χ4n) is 2.15. The van der Waals surface area contributed by atoms with E-state index >= 15 is 0 Å². The molecule has 3 nitrogen and oxygen atoms in total. The first kappa shape index (κ1) is 15.1. The molecular formula is C16H23N3S. The Hall–Kier alpha value is -1.26. The second-order valence-electron chi connectivity index (χ2n) is 4.94. The van der Waals surface area contributed by atoms with Gasteiger partial charge in [-0.05, 0) is 56.0 Å². The topological polar surface area (TPSA) is 29.9 Å². The second kappa shape index (κ2) is 8.12. The van der Waals surface area contributed by atoms with Crippen LogP contribution in [0.3, 0.4) is 0 Å². The summed E-state index contributed by atoms with van der Waals surface area (Å²) < 4.78 is 2.02. The van der Waals surface area contributed by atoms with Crippen molar-refractivity contribution in [2.45, 2.75) is 25.8 Å². The Labute approximate surface area is 125 Å². The number of imidazole rings is 1. The lowest BCUT2D eigenvalue weighted by atomic mass is 10.1. The van der Waals surface area contributed by atoms with Crippen LogP contribution in [0.1, 0.15) is 31.4 Å². The van der Waals surface area contributed by atoms with E-state index in [-0.39, 0.29) is 0 Å². The van der Waals surface area contributed by atoms with Crippen molar-refractivity contribution in [1.29, 1.82) is 0 Å². The van der Waals surface area contributed by atoms with E-state index in [0.29, 0.717) is 6.04 Å². The number of thioether (sulfide) groups is 1. The van der Waals surface area contributed by atoms with Crippen LogP contribution in [0.25, 0.3) is 5.69 Å². The molecule has 0 amide bonds. The van der Waals surface area contributed by atoms with Crippen LogP contribution in [0.2, 0.25) is 0 Å². The van der Waals surface area contributed by atoms with Gasteiger partial charge in [-0.2, -0.15) is 11.8 Å². The van der Waals surface area contributed by atoms with E-state index in [4.69, 9.17) is 0 Å². The summed E-state index contributed by atoms with van der Waals surface area (Å²) in [5, 5.41) is 3.58. The molecule has 1 atom stereocenters. The van der Waals surface area contributed by atoms with Gasteiger partial charge in [0.2, 0.25) is 0 Å². The Morgan fingerprint density at radius 3 is 2.70 bits per heavy atom. The van der Waals surface area contributed by atoms with E-state index in [2.05, 4.69) is 47.7 Å². The van der Waals surface area contributed by atoms with E-state index in [1.807, 2.05) is 28.9 Å². The SMILES string of the molecule is CSCCCCNC(C)c1ccc(-n2ccnc2)cc1. The van der Waals surface area contributed by atoms with E-state index in [1.165, 1.54) is 24.2 Å². The molecule has 1 N–H and O–H groups in total. The molecule has 0 aliphatic rings. The summed E-state index contributed by atoms with van der Waals surface area (Å²) in [6, 6.07) is 9.07. The molecule has 1 unspecified atom stereocenters. The highest BCUT2D eigenvalue weighted by atomic mass is 32.2. The van der Waals surface area contributed by atoms with Gasteiger partial charge in [-0.25, -0.2) is 4.98 Å². The van der Waals surface area contributed by atoms with Gasteiger partial charge in [-0.15, -0.1) is 0 Å². The molecule has 0 saturated heterocycles. The van der Waals surface area contributed by atoms with Crippen molar-refractivity contribution in [2.75, 3.05) is 18.6 Å². The first-order valence-corrected chi connectivity index (χ1v) is 8.51. The Morgan fingerprint density at radius 1 is 1.25 bits per heavy atom. The quantitative estimate of drug-likeness (QED) is 0.752. The van der Waals surface area contributed by atoms with Crippen molar-refractivity contribution < 1.29 is 0 Å². The summed E-state index contributed by atoms with van der Waals surface area (Å²) in [5.41, 5.74) is 2.48. The normalized spacial score (nSPS) is 12.5. The number of nitrogens with one attached hydrogen (secondary N) is 1. The van der Waals surface area contributed by atoms with Crippen LogP contribution in [0, 0.1) is 0 Å². The van der Waals surface area contributed by atoms with Gasteiger partial charge in [-0.3, -0.25) is 0 Å². The second-order valence-corrected chi connectivity index (χ2v) is 5.92. The Bertz CT molecular complexity index is 479. The van der Waals surface area contributed by atoms with Crippen LogP contribution in [-0.2, 0) is 0 Å². The number of unbranched alkanes of at least 4 members (excludes halogenated alkanes) is 1. The van der Waals surface area contributed by atoms with Crippen LogP contribution in [0.4, 0.5) is 0 Å². The lowest BCUT2D eigenvalue weighted by Crippen LogP contribution is -2.19. The number of nitrogens with zero attached hydrogens (tertiary/aromatic N) is 2. The van der Waals surface area contributed by atoms with Crippen LogP contribution in [0.5, 0.6) is 0 Å². The van der Waals surface area contributed by atoms with Crippen molar-refractivity contribution >= 4 is 11.8 Å². The molecule has 1 aromatic carbocycles. The molecule has 2 rings (SSSR count). The molecule has 20 heavy (non-hydrogen) atoms. The molecule has 1 heterocycles. The van der Waals surface area contributed by atoms with Crippen LogP contribution in [0.15, 0.2) is 43.0 Å². The molecular weight excluding hydrogens is 266 g/mol. The average molecular weight is 289 g/mol. The van der Waals surface area contributed by atoms with Gasteiger partial charge in [0, 0.05) is 24.1 Å². The molecule has 1 aromatic heterocycles. The number of hydrogen-bond donors (Lipinski definition) is 1. The molecule has 0 aliphatic heterocycles. The average Bonchev–Trinajstić information content (AvgIpc) is 3.01. The Kier molecular flexibility index (Phi) is 6.15. The highest BCUT2D eigenvalue weighted by Crippen LogP contribution is 2.15. The minimum Gasteiger partial charge on any atom is -0.310 e. The fourth-order valence-corrected chi connectivity index (χ4v) is 2.65. The highest BCUT2D eigenvalue weighted by Gasteiger charge is 2.04. The van der Waals surface area contributed by atoms with E-state index < -0.39 is 0 Å². The van der Waals surface area contributed by atoms with Crippen molar-refractivity contribution in [3.63, 3.8) is 0 Å². The lowest BCUT2D eigenvalue weighted by Gasteiger charge is -2.14. The minimum atomic E-state index is 0.404. The molecule has 0 radical (unpaired) electrons. The predicted molar refractivity (Wildman–Crippen MR) is 87.6 cm³/mol. The van der Waals surface area contributed by atoms with Crippen molar-refractivity contribution in [3.8, 4) is 5.69 Å². The van der Waals surface area contributed by atoms with Crippen LogP contribution >= 0.6 is 11.8 Å². The molecule has 4 heteroatoms. The first-order valence-electron chi connectivity index (χ1n) is 7.12. The highest BCUT2D eigenvalue weighted by molar-refractivity contribution is 7.98.